The molecule has 260 valence electrons. The van der Waals surface area contributed by atoms with E-state index in [9.17, 15) is 0 Å². The zero-order valence-corrected chi connectivity index (χ0v) is 31.5. The Balaban J connectivity index is 1.30. The number of nitrogens with one attached hydrogen (secondary N) is 1. The molecule has 0 aliphatic heterocycles. The van der Waals surface area contributed by atoms with Crippen molar-refractivity contribution in [1.29, 1.82) is 0 Å². The fraction of sp³-hybridized carbons (Fsp3) is 0.176. The van der Waals surface area contributed by atoms with Crippen LogP contribution in [-0.4, -0.2) is 0 Å². The van der Waals surface area contributed by atoms with Gasteiger partial charge in [-0.05, 0) is 95.8 Å². The quantitative estimate of drug-likeness (QED) is 0.181. The molecule has 0 amide bonds. The third-order valence-electron chi connectivity index (χ3n) is 11.6. The van der Waals surface area contributed by atoms with Crippen molar-refractivity contribution in [1.82, 2.24) is 0 Å². The monoisotopic (exact) mass is 686 g/mol. The van der Waals surface area contributed by atoms with Crippen molar-refractivity contribution < 1.29 is 0 Å². The number of nitrogen functional groups attached to an aromatic ring is 1. The average Bonchev–Trinajstić information content (AvgIpc) is 3.62. The summed E-state index contributed by atoms with van der Waals surface area (Å²) < 4.78 is 0. The van der Waals surface area contributed by atoms with Gasteiger partial charge in [-0.1, -0.05) is 175 Å². The number of hydrogen-bond donors (Lipinski definition) is 2. The number of fused-ring (bicyclic) bond motifs is 10. The lowest BCUT2D eigenvalue weighted by molar-refractivity contribution is 0.569. The number of anilines is 3. The van der Waals surface area contributed by atoms with Crippen molar-refractivity contribution in [2.24, 2.45) is 0 Å². The number of para-hydroxylation sites is 3. The molecule has 0 fully saturated rings. The Morgan fingerprint density at radius 3 is 1.42 bits per heavy atom. The molecule has 0 bridgehead atoms. The molecule has 0 saturated carbocycles. The van der Waals surface area contributed by atoms with Crippen LogP contribution in [0.4, 0.5) is 17.1 Å². The van der Waals surface area contributed by atoms with Crippen molar-refractivity contribution in [3.8, 4) is 44.5 Å². The van der Waals surface area contributed by atoms with Gasteiger partial charge in [-0.2, -0.15) is 0 Å². The molecule has 3 N–H and O–H groups in total. The first kappa shape index (κ1) is 33.0. The molecule has 0 aromatic heterocycles. The Kier molecular flexibility index (Phi) is 7.37. The molecule has 0 atom stereocenters. The molecule has 7 aromatic carbocycles. The molecule has 1 spiro atoms. The zero-order valence-electron chi connectivity index (χ0n) is 31.5. The molecule has 53 heavy (non-hydrogen) atoms. The summed E-state index contributed by atoms with van der Waals surface area (Å²) >= 11 is 0. The molecule has 0 unspecified atom stereocenters. The Bertz CT molecular complexity index is 2500. The molecule has 2 nitrogen and oxygen atoms in total. The molecule has 2 heteroatoms. The highest BCUT2D eigenvalue weighted by Crippen LogP contribution is 2.63. The van der Waals surface area contributed by atoms with E-state index >= 15 is 0 Å². The van der Waals surface area contributed by atoms with Gasteiger partial charge < -0.3 is 11.1 Å². The van der Waals surface area contributed by atoms with E-state index in [0.29, 0.717) is 0 Å². The summed E-state index contributed by atoms with van der Waals surface area (Å²) in [6.07, 6.45) is 0. The van der Waals surface area contributed by atoms with Crippen LogP contribution in [0.5, 0.6) is 0 Å². The van der Waals surface area contributed by atoms with E-state index in [1.165, 1.54) is 61.2 Å². The van der Waals surface area contributed by atoms with Crippen LogP contribution in [0.3, 0.4) is 0 Å². The number of nitrogens with two attached hydrogens (primary N) is 1. The summed E-state index contributed by atoms with van der Waals surface area (Å²) in [5, 5.41) is 3.86. The maximum atomic E-state index is 6.62. The van der Waals surface area contributed by atoms with Crippen molar-refractivity contribution in [3.63, 3.8) is 0 Å². The van der Waals surface area contributed by atoms with Gasteiger partial charge in [0.25, 0.3) is 0 Å². The second-order valence-corrected chi connectivity index (χ2v) is 16.9. The Hall–Kier alpha value is -5.86. The molecule has 0 saturated heterocycles. The van der Waals surface area contributed by atoms with Crippen molar-refractivity contribution in [2.45, 2.75) is 57.8 Å². The summed E-state index contributed by atoms with van der Waals surface area (Å²) in [5.74, 6) is 0. The van der Waals surface area contributed by atoms with Gasteiger partial charge in [0.05, 0.1) is 22.5 Å². The lowest BCUT2D eigenvalue weighted by Gasteiger charge is -2.30. The topological polar surface area (TPSA) is 38.0 Å². The normalized spacial score (nSPS) is 13.7. The van der Waals surface area contributed by atoms with E-state index in [0.717, 1.165) is 33.8 Å². The lowest BCUT2D eigenvalue weighted by Crippen LogP contribution is -2.25. The van der Waals surface area contributed by atoms with Crippen LogP contribution in [0.15, 0.2) is 152 Å². The summed E-state index contributed by atoms with van der Waals surface area (Å²) in [7, 11) is 0. The Morgan fingerprint density at radius 1 is 0.415 bits per heavy atom. The third kappa shape index (κ3) is 5.07. The van der Waals surface area contributed by atoms with E-state index in [4.69, 9.17) is 5.73 Å². The molecular formula is C51H46N2. The first-order valence-electron chi connectivity index (χ1n) is 18.8. The summed E-state index contributed by atoms with van der Waals surface area (Å²) in [6.45, 7) is 13.8. The predicted molar refractivity (Wildman–Crippen MR) is 225 cm³/mol. The summed E-state index contributed by atoms with van der Waals surface area (Å²) in [6, 6.07) is 56.1. The number of rotatable bonds is 4. The number of hydrogen-bond acceptors (Lipinski definition) is 2. The third-order valence-corrected chi connectivity index (χ3v) is 11.6. The van der Waals surface area contributed by atoms with Gasteiger partial charge in [-0.3, -0.25) is 0 Å². The predicted octanol–water partition coefficient (Wildman–Crippen LogP) is 13.3. The minimum absolute atomic E-state index is 0.00806. The van der Waals surface area contributed by atoms with Crippen molar-refractivity contribution >= 4 is 17.1 Å². The molecule has 0 heterocycles. The van der Waals surface area contributed by atoms with Crippen LogP contribution in [-0.2, 0) is 16.2 Å². The maximum Gasteiger partial charge on any atom is 0.0725 e. The Morgan fingerprint density at radius 2 is 0.868 bits per heavy atom. The highest BCUT2D eigenvalue weighted by atomic mass is 14.9. The lowest BCUT2D eigenvalue weighted by atomic mass is 9.70. The van der Waals surface area contributed by atoms with Crippen LogP contribution < -0.4 is 11.1 Å². The van der Waals surface area contributed by atoms with Gasteiger partial charge in [0, 0.05) is 11.1 Å². The standard InChI is InChI=1S/C51H46N2/c1-49(2,3)34-28-33(29-35(31-34)50(4,5)6)37-20-15-19-36(48(37)53-47-25-14-13-24-46(47)52)32-26-27-45-41(30-32)40-18-9-12-23-44(40)51(45)42-21-10-7-16-38(42)39-17-8-11-22-43(39)51/h7-31,53H,52H2,1-6H3. The van der Waals surface area contributed by atoms with Crippen molar-refractivity contribution in [3.05, 3.63) is 185 Å². The van der Waals surface area contributed by atoms with Gasteiger partial charge in [-0.25, -0.2) is 0 Å². The van der Waals surface area contributed by atoms with Crippen LogP contribution in [0.1, 0.15) is 74.9 Å². The Labute approximate surface area is 314 Å². The van der Waals surface area contributed by atoms with E-state index in [1.54, 1.807) is 0 Å². The molecule has 0 radical (unpaired) electrons. The molecular weight excluding hydrogens is 641 g/mol. The van der Waals surface area contributed by atoms with Gasteiger partial charge in [0.2, 0.25) is 0 Å². The minimum atomic E-state index is -0.365. The second-order valence-electron chi connectivity index (χ2n) is 16.9. The van der Waals surface area contributed by atoms with E-state index in [2.05, 4.69) is 180 Å². The van der Waals surface area contributed by atoms with E-state index in [1.807, 2.05) is 18.2 Å². The van der Waals surface area contributed by atoms with E-state index in [-0.39, 0.29) is 16.2 Å². The first-order valence-corrected chi connectivity index (χ1v) is 18.8. The van der Waals surface area contributed by atoms with Crippen molar-refractivity contribution in [2.75, 3.05) is 11.1 Å². The highest BCUT2D eigenvalue weighted by Gasteiger charge is 2.51. The maximum absolute atomic E-state index is 6.62. The summed E-state index contributed by atoms with van der Waals surface area (Å²) in [5.41, 5.74) is 26.8. The van der Waals surface area contributed by atoms with Crippen LogP contribution >= 0.6 is 0 Å². The molecule has 7 aromatic rings. The number of benzene rings is 7. The minimum Gasteiger partial charge on any atom is -0.397 e. The van der Waals surface area contributed by atoms with Crippen LogP contribution in [0.25, 0.3) is 44.5 Å². The smallest absolute Gasteiger partial charge is 0.0725 e. The van der Waals surface area contributed by atoms with E-state index < -0.39 is 0 Å². The van der Waals surface area contributed by atoms with Gasteiger partial charge >= 0.3 is 0 Å². The summed E-state index contributed by atoms with van der Waals surface area (Å²) in [4.78, 5) is 0. The molecule has 2 aliphatic carbocycles. The zero-order chi connectivity index (χ0) is 36.7. The van der Waals surface area contributed by atoms with Crippen LogP contribution in [0, 0.1) is 0 Å². The van der Waals surface area contributed by atoms with Crippen LogP contribution in [0.2, 0.25) is 0 Å². The SMILES string of the molecule is CC(C)(C)c1cc(-c2cccc(-c3ccc4c(c3)-c3ccccc3C43c4ccccc4-c4ccccc43)c2Nc2ccccc2N)cc(C(C)(C)C)c1. The fourth-order valence-electron chi connectivity index (χ4n) is 8.83. The average molecular weight is 687 g/mol. The first-order chi connectivity index (χ1) is 25.5. The van der Waals surface area contributed by atoms with Gasteiger partial charge in [0.15, 0.2) is 0 Å². The van der Waals surface area contributed by atoms with Gasteiger partial charge in [0.1, 0.15) is 0 Å². The largest absolute Gasteiger partial charge is 0.397 e. The van der Waals surface area contributed by atoms with Gasteiger partial charge in [-0.15, -0.1) is 0 Å². The molecule has 9 rings (SSSR count). The second kappa shape index (κ2) is 11.8. The fourth-order valence-corrected chi connectivity index (χ4v) is 8.83. The molecule has 2 aliphatic rings. The highest BCUT2D eigenvalue weighted by molar-refractivity contribution is 5.99.